The van der Waals surface area contributed by atoms with Crippen LogP contribution < -0.4 is 5.32 Å². The van der Waals surface area contributed by atoms with Crippen LogP contribution in [0.3, 0.4) is 0 Å². The zero-order chi connectivity index (χ0) is 11.8. The largest absolute Gasteiger partial charge is 0.373 e. The summed E-state index contributed by atoms with van der Waals surface area (Å²) in [4.78, 5) is 0. The Kier molecular flexibility index (Phi) is 5.82. The van der Waals surface area contributed by atoms with Crippen molar-refractivity contribution in [2.45, 2.75) is 39.5 Å². The molecule has 1 aromatic rings. The van der Waals surface area contributed by atoms with Gasteiger partial charge in [0.05, 0.1) is 12.3 Å². The van der Waals surface area contributed by atoms with E-state index in [0.29, 0.717) is 19.3 Å². The molecule has 0 fully saturated rings. The average molecular weight is 224 g/mol. The highest BCUT2D eigenvalue weighted by Gasteiger charge is 2.04. The van der Waals surface area contributed by atoms with Crippen molar-refractivity contribution >= 4 is 0 Å². The minimum absolute atomic E-state index is 0.448. The molecular formula is C12H20N2O2. The third kappa shape index (κ3) is 5.09. The monoisotopic (exact) mass is 224 g/mol. The van der Waals surface area contributed by atoms with E-state index in [1.165, 1.54) is 0 Å². The SMILES string of the molecule is C=CCCOCc1cc(CNC(C)C)no1. The summed E-state index contributed by atoms with van der Waals surface area (Å²) >= 11 is 0. The third-order valence-corrected chi connectivity index (χ3v) is 2.01. The summed E-state index contributed by atoms with van der Waals surface area (Å²) in [6.07, 6.45) is 2.69. The summed E-state index contributed by atoms with van der Waals surface area (Å²) in [5.41, 5.74) is 0.913. The molecule has 4 nitrogen and oxygen atoms in total. The zero-order valence-corrected chi connectivity index (χ0v) is 10.0. The molecule has 1 N–H and O–H groups in total. The lowest BCUT2D eigenvalue weighted by molar-refractivity contribution is 0.105. The van der Waals surface area contributed by atoms with Crippen LogP contribution in [-0.4, -0.2) is 17.8 Å². The molecule has 90 valence electrons. The van der Waals surface area contributed by atoms with Crippen LogP contribution >= 0.6 is 0 Å². The van der Waals surface area contributed by atoms with Crippen LogP contribution in [0.25, 0.3) is 0 Å². The van der Waals surface area contributed by atoms with Gasteiger partial charge >= 0.3 is 0 Å². The van der Waals surface area contributed by atoms with Crippen molar-refractivity contribution in [3.8, 4) is 0 Å². The van der Waals surface area contributed by atoms with E-state index in [0.717, 1.165) is 24.4 Å². The Hall–Kier alpha value is -1.13. The Morgan fingerprint density at radius 2 is 2.44 bits per heavy atom. The molecule has 16 heavy (non-hydrogen) atoms. The van der Waals surface area contributed by atoms with E-state index >= 15 is 0 Å². The van der Waals surface area contributed by atoms with Crippen molar-refractivity contribution in [3.05, 3.63) is 30.2 Å². The molecule has 0 spiro atoms. The molecule has 0 saturated heterocycles. The van der Waals surface area contributed by atoms with Crippen LogP contribution in [0.15, 0.2) is 23.2 Å². The lowest BCUT2D eigenvalue weighted by Gasteiger charge is -2.03. The van der Waals surface area contributed by atoms with Crippen LogP contribution in [0, 0.1) is 0 Å². The predicted octanol–water partition coefficient (Wildman–Crippen LogP) is 2.27. The molecule has 4 heteroatoms. The first kappa shape index (κ1) is 12.9. The highest BCUT2D eigenvalue weighted by Crippen LogP contribution is 2.05. The van der Waals surface area contributed by atoms with Crippen molar-refractivity contribution in [2.24, 2.45) is 0 Å². The zero-order valence-electron chi connectivity index (χ0n) is 10.0. The fraction of sp³-hybridized carbons (Fsp3) is 0.583. The van der Waals surface area contributed by atoms with Crippen molar-refractivity contribution in [1.29, 1.82) is 0 Å². The van der Waals surface area contributed by atoms with Gasteiger partial charge in [0.15, 0.2) is 5.76 Å². The van der Waals surface area contributed by atoms with Gasteiger partial charge < -0.3 is 14.6 Å². The van der Waals surface area contributed by atoms with Crippen LogP contribution in [0.5, 0.6) is 0 Å². The first-order valence-electron chi connectivity index (χ1n) is 5.59. The maximum absolute atomic E-state index is 5.37. The lowest BCUT2D eigenvalue weighted by Crippen LogP contribution is -2.21. The molecule has 1 aromatic heterocycles. The topological polar surface area (TPSA) is 47.3 Å². The van der Waals surface area contributed by atoms with E-state index in [9.17, 15) is 0 Å². The molecule has 0 aliphatic carbocycles. The number of nitrogens with one attached hydrogen (secondary N) is 1. The van der Waals surface area contributed by atoms with Gasteiger partial charge in [-0.3, -0.25) is 0 Å². The number of ether oxygens (including phenoxy) is 1. The maximum atomic E-state index is 5.37. The summed E-state index contributed by atoms with van der Waals surface area (Å²) in [5, 5.41) is 7.22. The number of rotatable bonds is 8. The van der Waals surface area contributed by atoms with Crippen molar-refractivity contribution in [2.75, 3.05) is 6.61 Å². The Morgan fingerprint density at radius 1 is 1.62 bits per heavy atom. The molecule has 0 saturated carbocycles. The fourth-order valence-corrected chi connectivity index (χ4v) is 1.16. The average Bonchev–Trinajstić information content (AvgIpc) is 2.70. The van der Waals surface area contributed by atoms with Gasteiger partial charge in [-0.2, -0.15) is 0 Å². The highest BCUT2D eigenvalue weighted by atomic mass is 16.5. The van der Waals surface area contributed by atoms with Gasteiger partial charge in [0.25, 0.3) is 0 Å². The minimum atomic E-state index is 0.448. The molecule has 1 heterocycles. The van der Waals surface area contributed by atoms with Crippen molar-refractivity contribution in [3.63, 3.8) is 0 Å². The van der Waals surface area contributed by atoms with Gasteiger partial charge in [-0.05, 0) is 6.42 Å². The molecule has 0 aromatic carbocycles. The molecule has 0 radical (unpaired) electrons. The van der Waals surface area contributed by atoms with Crippen LogP contribution in [0.2, 0.25) is 0 Å². The summed E-state index contributed by atoms with van der Waals surface area (Å²) < 4.78 is 10.5. The summed E-state index contributed by atoms with van der Waals surface area (Å²) in [5.74, 6) is 0.768. The molecule has 0 unspecified atom stereocenters. The van der Waals surface area contributed by atoms with E-state index in [1.807, 2.05) is 12.1 Å². The van der Waals surface area contributed by atoms with Gasteiger partial charge in [0, 0.05) is 18.7 Å². The minimum Gasteiger partial charge on any atom is -0.373 e. The Bertz CT molecular complexity index is 308. The van der Waals surface area contributed by atoms with E-state index in [-0.39, 0.29) is 0 Å². The molecule has 0 aliphatic heterocycles. The molecular weight excluding hydrogens is 204 g/mol. The van der Waals surface area contributed by atoms with Crippen molar-refractivity contribution in [1.82, 2.24) is 10.5 Å². The van der Waals surface area contributed by atoms with Crippen molar-refractivity contribution < 1.29 is 9.26 Å². The molecule has 0 aliphatic rings. The van der Waals surface area contributed by atoms with Crippen LogP contribution in [-0.2, 0) is 17.9 Å². The molecule has 0 atom stereocenters. The van der Waals surface area contributed by atoms with Gasteiger partial charge in [-0.1, -0.05) is 25.1 Å². The normalized spacial score (nSPS) is 10.9. The van der Waals surface area contributed by atoms with E-state index in [4.69, 9.17) is 9.26 Å². The number of aromatic nitrogens is 1. The smallest absolute Gasteiger partial charge is 0.162 e. The first-order chi connectivity index (χ1) is 7.72. The molecule has 1 rings (SSSR count). The second kappa shape index (κ2) is 7.19. The molecule has 0 bridgehead atoms. The van der Waals surface area contributed by atoms with E-state index < -0.39 is 0 Å². The lowest BCUT2D eigenvalue weighted by atomic mass is 10.3. The third-order valence-electron chi connectivity index (χ3n) is 2.01. The Balaban J connectivity index is 2.25. The standard InChI is InChI=1S/C12H20N2O2/c1-4-5-6-15-9-12-7-11(14-16-12)8-13-10(2)3/h4,7,10,13H,1,5-6,8-9H2,2-3H3. The number of nitrogens with zero attached hydrogens (tertiary/aromatic N) is 1. The quantitative estimate of drug-likeness (QED) is 0.543. The summed E-state index contributed by atoms with van der Waals surface area (Å²) in [6, 6.07) is 2.37. The number of hydrogen-bond acceptors (Lipinski definition) is 4. The Labute approximate surface area is 96.7 Å². The van der Waals surface area contributed by atoms with Gasteiger partial charge in [0.2, 0.25) is 0 Å². The summed E-state index contributed by atoms with van der Waals surface area (Å²) in [7, 11) is 0. The Morgan fingerprint density at radius 3 is 3.12 bits per heavy atom. The van der Waals surface area contributed by atoms with Gasteiger partial charge in [-0.15, -0.1) is 6.58 Å². The second-order valence-corrected chi connectivity index (χ2v) is 3.95. The second-order valence-electron chi connectivity index (χ2n) is 3.95. The van der Waals surface area contributed by atoms with Gasteiger partial charge in [-0.25, -0.2) is 0 Å². The first-order valence-corrected chi connectivity index (χ1v) is 5.59. The van der Waals surface area contributed by atoms with E-state index in [2.05, 4.69) is 30.9 Å². The van der Waals surface area contributed by atoms with Gasteiger partial charge in [0.1, 0.15) is 6.61 Å². The highest BCUT2D eigenvalue weighted by molar-refractivity contribution is 5.04. The fourth-order valence-electron chi connectivity index (χ4n) is 1.16. The molecule has 0 amide bonds. The predicted molar refractivity (Wildman–Crippen MR) is 62.9 cm³/mol. The van der Waals surface area contributed by atoms with Crippen LogP contribution in [0.1, 0.15) is 31.7 Å². The van der Waals surface area contributed by atoms with E-state index in [1.54, 1.807) is 0 Å². The summed E-state index contributed by atoms with van der Waals surface area (Å²) in [6.45, 7) is 9.69. The maximum Gasteiger partial charge on any atom is 0.162 e. The van der Waals surface area contributed by atoms with Crippen LogP contribution in [0.4, 0.5) is 0 Å². The number of hydrogen-bond donors (Lipinski definition) is 1.